The van der Waals surface area contributed by atoms with E-state index in [1.165, 1.54) is 54.6 Å². The molecule has 0 radical (unpaired) electrons. The van der Waals surface area contributed by atoms with E-state index in [4.69, 9.17) is 34.1 Å². The normalized spacial score (nSPS) is 10.1. The van der Waals surface area contributed by atoms with Gasteiger partial charge in [0.2, 0.25) is 0 Å². The van der Waals surface area contributed by atoms with Crippen LogP contribution in [-0.2, 0) is 48.1 Å². The molecule has 0 saturated carbocycles. The van der Waals surface area contributed by atoms with Gasteiger partial charge in [0.05, 0.1) is 0 Å². The van der Waals surface area contributed by atoms with Crippen molar-refractivity contribution in [3.05, 3.63) is 187 Å². The van der Waals surface area contributed by atoms with Crippen molar-refractivity contribution < 1.29 is 41.7 Å². The van der Waals surface area contributed by atoms with Crippen LogP contribution in [0.15, 0.2) is 170 Å². The van der Waals surface area contributed by atoms with Crippen molar-refractivity contribution in [1.82, 2.24) is 0 Å². The maximum atomic E-state index is 4.93. The van der Waals surface area contributed by atoms with Gasteiger partial charge >= 0.3 is 75.7 Å². The van der Waals surface area contributed by atoms with Crippen LogP contribution < -0.4 is 0 Å². The maximum absolute atomic E-state index is 4.93. The van der Waals surface area contributed by atoms with E-state index in [-0.39, 0.29) is 0 Å². The molecule has 1 aliphatic carbocycles. The summed E-state index contributed by atoms with van der Waals surface area (Å²) in [7, 11) is 19.7. The summed E-state index contributed by atoms with van der Waals surface area (Å²) in [6.45, 7) is 0. The Labute approximate surface area is 309 Å². The van der Waals surface area contributed by atoms with Crippen LogP contribution in [0.4, 0.5) is 0 Å². The maximum Gasteiger partial charge on any atom is -0.0253 e. The first-order chi connectivity index (χ1) is 22.7. The van der Waals surface area contributed by atoms with Gasteiger partial charge in [-0.15, -0.1) is 94.5 Å². The van der Waals surface area contributed by atoms with Crippen LogP contribution in [0.2, 0.25) is 0 Å². The Hall–Kier alpha value is -2.14. The van der Waals surface area contributed by atoms with Crippen molar-refractivity contribution in [3.8, 4) is 11.1 Å². The Kier molecular flexibility index (Phi) is 16.7. The molecule has 9 rings (SSSR count). The molecule has 0 nitrogen and oxygen atoms in total. The Morgan fingerprint density at radius 2 is 0.848 bits per heavy atom. The minimum absolute atomic E-state index is 0.826. The van der Waals surface area contributed by atoms with Crippen molar-refractivity contribution in [2.24, 2.45) is 0 Å². The Morgan fingerprint density at radius 1 is 0.457 bits per heavy atom. The van der Waals surface area contributed by atoms with E-state index in [0.29, 0.717) is 0 Å². The van der Waals surface area contributed by atoms with Crippen LogP contribution in [-0.4, -0.2) is 0 Å². The van der Waals surface area contributed by atoms with Crippen LogP contribution in [0, 0.1) is 6.07 Å². The van der Waals surface area contributed by atoms with Crippen molar-refractivity contribution >= 4 is 66.4 Å². The van der Waals surface area contributed by atoms with E-state index in [0.717, 1.165) is 6.42 Å². The summed E-state index contributed by atoms with van der Waals surface area (Å²) in [5, 5.41) is 7.99. The van der Waals surface area contributed by atoms with Gasteiger partial charge in [-0.2, -0.15) is 82.4 Å². The zero-order chi connectivity index (χ0) is 32.4. The second-order valence-electron chi connectivity index (χ2n) is 10.0. The predicted octanol–water partition coefficient (Wildman–Crippen LogP) is 13.5. The SMILES string of the molecule is [Cl][Zr][Cl].[Cl][Zr][Cl].[c-]1cccc2c1Cc1ccccc1-2.c1ccc2[cH-]ccc2c1.c1ccc2[cH-]ccc2c1.c1ccc2[cH-]ccc2c1. The topological polar surface area (TPSA) is 0 Å². The van der Waals surface area contributed by atoms with Gasteiger partial charge in [-0.3, -0.25) is 0 Å². The van der Waals surface area contributed by atoms with E-state index >= 15 is 0 Å². The summed E-state index contributed by atoms with van der Waals surface area (Å²) < 4.78 is 0. The molecule has 0 aromatic heterocycles. The van der Waals surface area contributed by atoms with Gasteiger partial charge in [0.15, 0.2) is 0 Å². The first-order valence-electron chi connectivity index (χ1n) is 14.5. The molecule has 0 heterocycles. The van der Waals surface area contributed by atoms with Gasteiger partial charge in [-0.25, -0.2) is 0 Å². The third kappa shape index (κ3) is 11.2. The minimum atomic E-state index is -0.826. The molecule has 8 aromatic rings. The van der Waals surface area contributed by atoms with Crippen molar-refractivity contribution in [1.29, 1.82) is 0 Å². The van der Waals surface area contributed by atoms with Crippen LogP contribution in [0.5, 0.6) is 0 Å². The first-order valence-corrected chi connectivity index (χ1v) is 27.2. The molecule has 0 saturated heterocycles. The monoisotopic (exact) mass is 830 g/mol. The third-order valence-corrected chi connectivity index (χ3v) is 7.26. The van der Waals surface area contributed by atoms with Crippen molar-refractivity contribution in [2.75, 3.05) is 0 Å². The molecular weight excluding hydrogens is 805 g/mol. The minimum Gasteiger partial charge on any atom is -0.179 e. The average molecular weight is 835 g/mol. The summed E-state index contributed by atoms with van der Waals surface area (Å²) in [6.07, 6.45) is 1.05. The number of fused-ring (bicyclic) bond motifs is 6. The Morgan fingerprint density at radius 3 is 1.30 bits per heavy atom. The molecule has 0 unspecified atom stereocenters. The molecule has 46 heavy (non-hydrogen) atoms. The number of rotatable bonds is 0. The smallest absolute Gasteiger partial charge is 0.0253 e. The number of hydrogen-bond acceptors (Lipinski definition) is 0. The number of benzene rings is 5. The molecule has 0 N–H and O–H groups in total. The molecule has 0 spiro atoms. The summed E-state index contributed by atoms with van der Waals surface area (Å²) >= 11 is -1.65. The predicted molar refractivity (Wildman–Crippen MR) is 196 cm³/mol. The van der Waals surface area contributed by atoms with Crippen molar-refractivity contribution in [2.45, 2.75) is 6.42 Å². The summed E-state index contributed by atoms with van der Waals surface area (Å²) in [5.74, 6) is 0. The summed E-state index contributed by atoms with van der Waals surface area (Å²) in [4.78, 5) is 0. The molecular formula is C40H30Cl4Zr2-4. The molecule has 6 heteroatoms. The molecule has 0 atom stereocenters. The molecule has 0 bridgehead atoms. The van der Waals surface area contributed by atoms with Crippen LogP contribution in [0.25, 0.3) is 43.4 Å². The van der Waals surface area contributed by atoms with Crippen LogP contribution in [0.3, 0.4) is 0 Å². The Bertz CT molecular complexity index is 1710. The Balaban J connectivity index is 0.000000133. The third-order valence-electron chi connectivity index (χ3n) is 7.26. The number of halogens is 4. The van der Waals surface area contributed by atoms with E-state index < -0.39 is 41.7 Å². The van der Waals surface area contributed by atoms with Crippen molar-refractivity contribution in [3.63, 3.8) is 0 Å². The summed E-state index contributed by atoms with van der Waals surface area (Å²) in [6, 6.07) is 62.1. The number of hydrogen-bond donors (Lipinski definition) is 0. The molecule has 230 valence electrons. The fourth-order valence-electron chi connectivity index (χ4n) is 5.21. The fraction of sp³-hybridized carbons (Fsp3) is 0.0250. The largest absolute Gasteiger partial charge is 0.179 e. The second kappa shape index (κ2) is 21.0. The quantitative estimate of drug-likeness (QED) is 0.134. The zero-order valence-corrected chi connectivity index (χ0v) is 32.8. The van der Waals surface area contributed by atoms with E-state index in [2.05, 4.69) is 170 Å². The molecule has 0 amide bonds. The van der Waals surface area contributed by atoms with Gasteiger partial charge in [-0.05, 0) is 6.42 Å². The van der Waals surface area contributed by atoms with Gasteiger partial charge in [0, 0.05) is 0 Å². The molecule has 1 aliphatic rings. The molecule has 0 fully saturated rings. The molecule has 0 aliphatic heterocycles. The van der Waals surface area contributed by atoms with E-state index in [9.17, 15) is 0 Å². The van der Waals surface area contributed by atoms with Crippen LogP contribution in [0.1, 0.15) is 11.1 Å². The van der Waals surface area contributed by atoms with Crippen LogP contribution >= 0.6 is 34.1 Å². The van der Waals surface area contributed by atoms with E-state index in [1.54, 1.807) is 0 Å². The zero-order valence-electron chi connectivity index (χ0n) is 24.9. The second-order valence-corrected chi connectivity index (χ2v) is 17.5. The first kappa shape index (κ1) is 36.7. The van der Waals surface area contributed by atoms with Gasteiger partial charge in [0.1, 0.15) is 0 Å². The summed E-state index contributed by atoms with van der Waals surface area (Å²) in [5.41, 5.74) is 5.51. The van der Waals surface area contributed by atoms with E-state index in [1.807, 2.05) is 6.07 Å². The van der Waals surface area contributed by atoms with Gasteiger partial charge in [-0.1, -0.05) is 53.6 Å². The average Bonchev–Trinajstić information content (AvgIpc) is 3.92. The fourth-order valence-corrected chi connectivity index (χ4v) is 5.21. The van der Waals surface area contributed by atoms with Gasteiger partial charge in [0.25, 0.3) is 0 Å². The standard InChI is InChI=1S/C13H9.3C9H7.4ClH.2Zr/c1-3-7-12-10(5-1)9-11-6-2-4-8-13(11)12;3*1-2-5-9-7-3-6-8(9)4-1;;;;;;/h1-5,7-8H,9H2;3*1-7H;4*1H;;/q4*-1;;;;;2*+2/p-4. The molecule has 8 aromatic carbocycles. The van der Waals surface area contributed by atoms with Gasteiger partial charge < -0.3 is 0 Å².